The molecular formula is C25H24F3N3O3S. The van der Waals surface area contributed by atoms with Crippen LogP contribution in [0.5, 0.6) is 0 Å². The van der Waals surface area contributed by atoms with Crippen molar-refractivity contribution in [3.63, 3.8) is 0 Å². The van der Waals surface area contributed by atoms with Gasteiger partial charge >= 0.3 is 6.18 Å². The third-order valence-electron chi connectivity index (χ3n) is 5.31. The number of anilines is 1. The molecule has 35 heavy (non-hydrogen) atoms. The maximum Gasteiger partial charge on any atom is 0.416 e. The van der Waals surface area contributed by atoms with Crippen LogP contribution in [0.1, 0.15) is 38.2 Å². The van der Waals surface area contributed by atoms with Gasteiger partial charge in [-0.3, -0.25) is 9.10 Å². The molecule has 0 spiro atoms. The molecular weight excluding hydrogens is 479 g/mol. The van der Waals surface area contributed by atoms with Crippen molar-refractivity contribution in [2.45, 2.75) is 26.6 Å². The van der Waals surface area contributed by atoms with Gasteiger partial charge in [0.2, 0.25) is 10.0 Å². The molecule has 0 aromatic heterocycles. The summed E-state index contributed by atoms with van der Waals surface area (Å²) in [6.07, 6.45) is -2.22. The number of rotatable bonds is 7. The van der Waals surface area contributed by atoms with Crippen LogP contribution in [0.15, 0.2) is 71.8 Å². The maximum atomic E-state index is 12.8. The predicted octanol–water partition coefficient (Wildman–Crippen LogP) is 5.05. The standard InChI is InChI=1S/C25H24F3N3O3S/c1-17-7-12-23(13-18(17)2)31(35(3,33)34)16-19-8-10-21(11-9-19)24(32)30-29-15-20-5-4-6-22(14-20)25(26,27)28/h4-15H,16H2,1-3H3,(H,30,32)/b29-15-. The molecule has 0 heterocycles. The van der Waals surface area contributed by atoms with Crippen LogP contribution in [-0.2, 0) is 22.7 Å². The SMILES string of the molecule is Cc1ccc(N(Cc2ccc(C(=O)N/N=C\c3cccc(C(F)(F)F)c3)cc2)S(C)(=O)=O)cc1C. The summed E-state index contributed by atoms with van der Waals surface area (Å²) in [5.41, 5.74) is 5.12. The molecule has 0 fully saturated rings. The van der Waals surface area contributed by atoms with Crippen LogP contribution in [0, 0.1) is 13.8 Å². The molecule has 0 saturated heterocycles. The molecule has 3 rings (SSSR count). The van der Waals surface area contributed by atoms with Crippen molar-refractivity contribution in [2.24, 2.45) is 5.10 Å². The van der Waals surface area contributed by atoms with Crippen LogP contribution in [0.25, 0.3) is 0 Å². The summed E-state index contributed by atoms with van der Waals surface area (Å²) in [5.74, 6) is -0.561. The molecule has 0 radical (unpaired) electrons. The zero-order chi connectivity index (χ0) is 25.8. The van der Waals surface area contributed by atoms with E-state index >= 15 is 0 Å². The fraction of sp³-hybridized carbons (Fsp3) is 0.200. The van der Waals surface area contributed by atoms with Gasteiger partial charge in [0, 0.05) is 5.56 Å². The topological polar surface area (TPSA) is 78.8 Å². The zero-order valence-corrected chi connectivity index (χ0v) is 20.1. The minimum Gasteiger partial charge on any atom is -0.267 e. The number of benzene rings is 3. The first kappa shape index (κ1) is 26.0. The Morgan fingerprint density at radius 1 is 1.00 bits per heavy atom. The second kappa shape index (κ2) is 10.3. The number of amides is 1. The lowest BCUT2D eigenvalue weighted by molar-refractivity contribution is -0.137. The quantitative estimate of drug-likeness (QED) is 0.362. The summed E-state index contributed by atoms with van der Waals surface area (Å²) >= 11 is 0. The van der Waals surface area contributed by atoms with Crippen LogP contribution in [0.2, 0.25) is 0 Å². The van der Waals surface area contributed by atoms with Gasteiger partial charge in [-0.2, -0.15) is 18.3 Å². The Hall–Kier alpha value is -3.66. The first-order valence-electron chi connectivity index (χ1n) is 10.5. The van der Waals surface area contributed by atoms with Gasteiger partial charge in [0.05, 0.1) is 30.3 Å². The molecule has 0 saturated carbocycles. The normalized spacial score (nSPS) is 12.1. The predicted molar refractivity (Wildman–Crippen MR) is 130 cm³/mol. The van der Waals surface area contributed by atoms with E-state index in [9.17, 15) is 26.4 Å². The summed E-state index contributed by atoms with van der Waals surface area (Å²) < 4.78 is 64.5. The number of hydrogen-bond acceptors (Lipinski definition) is 4. The van der Waals surface area contributed by atoms with Gasteiger partial charge in [0.1, 0.15) is 0 Å². The van der Waals surface area contributed by atoms with Crippen molar-refractivity contribution in [3.05, 3.63) is 100 Å². The Labute approximate surface area is 202 Å². The molecule has 0 bridgehead atoms. The van der Waals surface area contributed by atoms with Crippen molar-refractivity contribution >= 4 is 27.8 Å². The Bertz CT molecular complexity index is 1350. The highest BCUT2D eigenvalue weighted by Gasteiger charge is 2.30. The summed E-state index contributed by atoms with van der Waals surface area (Å²) in [7, 11) is -3.56. The molecule has 184 valence electrons. The molecule has 6 nitrogen and oxygen atoms in total. The highest BCUT2D eigenvalue weighted by atomic mass is 32.2. The summed E-state index contributed by atoms with van der Waals surface area (Å²) in [4.78, 5) is 12.3. The van der Waals surface area contributed by atoms with E-state index in [2.05, 4.69) is 10.5 Å². The van der Waals surface area contributed by atoms with Gasteiger partial charge in [0.25, 0.3) is 5.91 Å². The number of nitrogens with one attached hydrogen (secondary N) is 1. The van der Waals surface area contributed by atoms with E-state index in [4.69, 9.17) is 0 Å². The second-order valence-electron chi connectivity index (χ2n) is 8.06. The molecule has 10 heteroatoms. The van der Waals surface area contributed by atoms with Crippen LogP contribution >= 0.6 is 0 Å². The Balaban J connectivity index is 1.69. The minimum atomic E-state index is -4.47. The van der Waals surface area contributed by atoms with Gasteiger partial charge in [-0.25, -0.2) is 13.8 Å². The van der Waals surface area contributed by atoms with Gasteiger partial charge < -0.3 is 0 Å². The largest absolute Gasteiger partial charge is 0.416 e. The lowest BCUT2D eigenvalue weighted by Gasteiger charge is -2.23. The molecule has 0 aliphatic heterocycles. The first-order chi connectivity index (χ1) is 16.3. The van der Waals surface area contributed by atoms with E-state index in [1.54, 1.807) is 24.3 Å². The van der Waals surface area contributed by atoms with Crippen molar-refractivity contribution < 1.29 is 26.4 Å². The third kappa shape index (κ3) is 6.92. The number of alkyl halides is 3. The maximum absolute atomic E-state index is 12.8. The number of carbonyl (C=O) groups excluding carboxylic acids is 1. The summed E-state index contributed by atoms with van der Waals surface area (Å²) in [6.45, 7) is 3.93. The fourth-order valence-corrected chi connectivity index (χ4v) is 4.11. The number of nitrogens with zero attached hydrogens (tertiary/aromatic N) is 2. The highest BCUT2D eigenvalue weighted by molar-refractivity contribution is 7.92. The third-order valence-corrected chi connectivity index (χ3v) is 6.46. The first-order valence-corrected chi connectivity index (χ1v) is 12.3. The van der Waals surface area contributed by atoms with Crippen molar-refractivity contribution in [1.29, 1.82) is 0 Å². The molecule has 1 N–H and O–H groups in total. The van der Waals surface area contributed by atoms with Gasteiger partial charge in [-0.15, -0.1) is 0 Å². The number of hydrogen-bond donors (Lipinski definition) is 1. The Morgan fingerprint density at radius 2 is 1.69 bits per heavy atom. The van der Waals surface area contributed by atoms with E-state index in [-0.39, 0.29) is 17.7 Å². The minimum absolute atomic E-state index is 0.0803. The molecule has 3 aromatic rings. The van der Waals surface area contributed by atoms with Crippen molar-refractivity contribution in [1.82, 2.24) is 5.43 Å². The van der Waals surface area contributed by atoms with Gasteiger partial charge in [-0.05, 0) is 72.5 Å². The van der Waals surface area contributed by atoms with E-state index in [0.717, 1.165) is 35.7 Å². The monoisotopic (exact) mass is 503 g/mol. The molecule has 0 unspecified atom stereocenters. The lowest BCUT2D eigenvalue weighted by Crippen LogP contribution is -2.29. The van der Waals surface area contributed by atoms with Crippen molar-refractivity contribution in [3.8, 4) is 0 Å². The number of sulfonamides is 1. The Morgan fingerprint density at radius 3 is 2.29 bits per heavy atom. The van der Waals surface area contributed by atoms with Crippen molar-refractivity contribution in [2.75, 3.05) is 10.6 Å². The smallest absolute Gasteiger partial charge is 0.267 e. The molecule has 0 aliphatic carbocycles. The second-order valence-corrected chi connectivity index (χ2v) is 9.96. The average molecular weight is 504 g/mol. The lowest BCUT2D eigenvalue weighted by atomic mass is 10.1. The van der Waals surface area contributed by atoms with Gasteiger partial charge in [-0.1, -0.05) is 30.3 Å². The molecule has 3 aromatic carbocycles. The number of carbonyl (C=O) groups is 1. The number of halogens is 3. The van der Waals surface area contributed by atoms with Crippen LogP contribution in [0.3, 0.4) is 0 Å². The van der Waals surface area contributed by atoms with E-state index in [1.165, 1.54) is 28.6 Å². The number of hydrazone groups is 1. The number of aryl methyl sites for hydroxylation is 2. The van der Waals surface area contributed by atoms with E-state index in [0.29, 0.717) is 11.3 Å². The van der Waals surface area contributed by atoms with E-state index < -0.39 is 27.7 Å². The van der Waals surface area contributed by atoms with Crippen LogP contribution in [-0.4, -0.2) is 26.8 Å². The fourth-order valence-electron chi connectivity index (χ4n) is 3.23. The molecule has 0 atom stereocenters. The highest BCUT2D eigenvalue weighted by Crippen LogP contribution is 2.29. The van der Waals surface area contributed by atoms with Crippen LogP contribution < -0.4 is 9.73 Å². The van der Waals surface area contributed by atoms with Crippen LogP contribution in [0.4, 0.5) is 18.9 Å². The molecule has 1 amide bonds. The molecule has 0 aliphatic rings. The average Bonchev–Trinajstić information content (AvgIpc) is 2.78. The Kier molecular flexibility index (Phi) is 7.64. The zero-order valence-electron chi connectivity index (χ0n) is 19.3. The summed E-state index contributed by atoms with van der Waals surface area (Å²) in [5, 5.41) is 3.72. The van der Waals surface area contributed by atoms with Gasteiger partial charge in [0.15, 0.2) is 0 Å². The van der Waals surface area contributed by atoms with E-state index in [1.807, 2.05) is 19.9 Å². The summed E-state index contributed by atoms with van der Waals surface area (Å²) in [6, 6.07) is 16.3.